The lowest BCUT2D eigenvalue weighted by Crippen LogP contribution is -2.27. The zero-order chi connectivity index (χ0) is 7.56. The monoisotopic (exact) mass is 138 g/mol. The average Bonchev–Trinajstić information content (AvgIpc) is 1.76. The van der Waals surface area contributed by atoms with Crippen molar-refractivity contribution in [1.29, 1.82) is 5.26 Å². The normalized spacial score (nSPS) is 30.3. The number of nitriles is 1. The summed E-state index contributed by atoms with van der Waals surface area (Å²) in [5, 5.41) is 8.37. The van der Waals surface area contributed by atoms with Gasteiger partial charge in [0, 0.05) is 12.3 Å². The molecule has 1 fully saturated rings. The van der Waals surface area contributed by atoms with Gasteiger partial charge in [0.05, 0.1) is 6.07 Å². The maximum atomic E-state index is 10.3. The zero-order valence-corrected chi connectivity index (χ0v) is 5.71. The van der Waals surface area contributed by atoms with E-state index in [2.05, 4.69) is 6.07 Å². The maximum Gasteiger partial charge on any atom is 0.217 e. The molecule has 0 saturated heterocycles. The summed E-state index contributed by atoms with van der Waals surface area (Å²) in [7, 11) is 0. The van der Waals surface area contributed by atoms with Crippen molar-refractivity contribution in [2.75, 3.05) is 0 Å². The third-order valence-corrected chi connectivity index (χ3v) is 1.91. The molecule has 1 amide bonds. The first-order chi connectivity index (χ1) is 4.72. The predicted molar refractivity (Wildman–Crippen MR) is 35.6 cm³/mol. The van der Waals surface area contributed by atoms with Gasteiger partial charge in [0.2, 0.25) is 5.91 Å². The molecule has 54 valence electrons. The highest BCUT2D eigenvalue weighted by atomic mass is 16.1. The van der Waals surface area contributed by atoms with Gasteiger partial charge in [-0.15, -0.1) is 0 Å². The highest BCUT2D eigenvalue weighted by Crippen LogP contribution is 2.34. The van der Waals surface area contributed by atoms with Crippen LogP contribution < -0.4 is 5.73 Å². The Hall–Kier alpha value is -1.04. The molecular formula is C7H10N2O. The number of rotatable bonds is 2. The SMILES string of the molecule is N#C[C@H]1C[C@H](CC(N)=O)C1. The molecule has 10 heavy (non-hydrogen) atoms. The molecule has 0 aliphatic heterocycles. The first kappa shape index (κ1) is 7.07. The molecule has 0 aromatic carbocycles. The van der Waals surface area contributed by atoms with Crippen LogP contribution in [0.25, 0.3) is 0 Å². The number of hydrogen-bond acceptors (Lipinski definition) is 2. The van der Waals surface area contributed by atoms with Crippen molar-refractivity contribution >= 4 is 5.91 Å². The fourth-order valence-electron chi connectivity index (χ4n) is 1.29. The van der Waals surface area contributed by atoms with Gasteiger partial charge in [-0.05, 0) is 18.8 Å². The average molecular weight is 138 g/mol. The summed E-state index contributed by atoms with van der Waals surface area (Å²) in [6, 6.07) is 2.15. The summed E-state index contributed by atoms with van der Waals surface area (Å²) in [4.78, 5) is 10.3. The lowest BCUT2D eigenvalue weighted by molar-refractivity contribution is -0.119. The number of carbonyl (C=O) groups excluding carboxylic acids is 1. The first-order valence-electron chi connectivity index (χ1n) is 3.40. The van der Waals surface area contributed by atoms with Crippen molar-refractivity contribution in [2.45, 2.75) is 19.3 Å². The van der Waals surface area contributed by atoms with Crippen LogP contribution in [0.3, 0.4) is 0 Å². The van der Waals surface area contributed by atoms with Gasteiger partial charge in [-0.3, -0.25) is 4.79 Å². The quantitative estimate of drug-likeness (QED) is 0.600. The Balaban J connectivity index is 2.16. The third kappa shape index (κ3) is 1.47. The number of primary amides is 1. The summed E-state index contributed by atoms with van der Waals surface area (Å²) in [5.74, 6) is 0.327. The molecule has 0 unspecified atom stereocenters. The van der Waals surface area contributed by atoms with E-state index >= 15 is 0 Å². The minimum atomic E-state index is -0.249. The molecule has 1 aliphatic carbocycles. The lowest BCUT2D eigenvalue weighted by atomic mass is 9.74. The molecule has 0 aromatic rings. The summed E-state index contributed by atoms with van der Waals surface area (Å²) in [6.07, 6.45) is 2.18. The number of amides is 1. The molecular weight excluding hydrogens is 128 g/mol. The number of carbonyl (C=O) groups is 1. The van der Waals surface area contributed by atoms with Crippen molar-refractivity contribution in [3.63, 3.8) is 0 Å². The Morgan fingerprint density at radius 1 is 1.70 bits per heavy atom. The highest BCUT2D eigenvalue weighted by Gasteiger charge is 2.29. The van der Waals surface area contributed by atoms with E-state index in [0.29, 0.717) is 12.3 Å². The summed E-state index contributed by atoms with van der Waals surface area (Å²) >= 11 is 0. The van der Waals surface area contributed by atoms with Crippen molar-refractivity contribution in [3.05, 3.63) is 0 Å². The molecule has 0 bridgehead atoms. The van der Waals surface area contributed by atoms with Crippen LogP contribution in [0.4, 0.5) is 0 Å². The van der Waals surface area contributed by atoms with Gasteiger partial charge < -0.3 is 5.73 Å². The number of nitrogens with two attached hydrogens (primary N) is 1. The molecule has 2 N–H and O–H groups in total. The lowest BCUT2D eigenvalue weighted by Gasteiger charge is -2.29. The van der Waals surface area contributed by atoms with Crippen molar-refractivity contribution < 1.29 is 4.79 Å². The molecule has 0 radical (unpaired) electrons. The van der Waals surface area contributed by atoms with Crippen LogP contribution in [0.5, 0.6) is 0 Å². The Kier molecular flexibility index (Phi) is 1.91. The summed E-state index contributed by atoms with van der Waals surface area (Å²) in [6.45, 7) is 0. The van der Waals surface area contributed by atoms with Crippen LogP contribution in [-0.4, -0.2) is 5.91 Å². The van der Waals surface area contributed by atoms with E-state index < -0.39 is 0 Å². The minimum Gasteiger partial charge on any atom is -0.370 e. The number of nitrogens with zero attached hydrogens (tertiary/aromatic N) is 1. The summed E-state index contributed by atoms with van der Waals surface area (Å²) in [5.41, 5.74) is 4.97. The third-order valence-electron chi connectivity index (χ3n) is 1.91. The Labute approximate surface area is 59.8 Å². The molecule has 0 heterocycles. The van der Waals surface area contributed by atoms with Crippen LogP contribution in [0.1, 0.15) is 19.3 Å². The fraction of sp³-hybridized carbons (Fsp3) is 0.714. The van der Waals surface area contributed by atoms with Crippen LogP contribution in [0.2, 0.25) is 0 Å². The minimum absolute atomic E-state index is 0.185. The second-order valence-corrected chi connectivity index (χ2v) is 2.83. The Morgan fingerprint density at radius 3 is 2.70 bits per heavy atom. The van der Waals surface area contributed by atoms with Crippen molar-refractivity contribution in [2.24, 2.45) is 17.6 Å². The van der Waals surface area contributed by atoms with Gasteiger partial charge in [0.25, 0.3) is 0 Å². The molecule has 3 nitrogen and oxygen atoms in total. The molecule has 0 atom stereocenters. The van der Waals surface area contributed by atoms with Gasteiger partial charge in [0.15, 0.2) is 0 Å². The van der Waals surface area contributed by atoms with E-state index in [1.165, 1.54) is 0 Å². The van der Waals surface area contributed by atoms with Gasteiger partial charge >= 0.3 is 0 Å². The van der Waals surface area contributed by atoms with Gasteiger partial charge in [-0.2, -0.15) is 5.26 Å². The largest absolute Gasteiger partial charge is 0.370 e. The van der Waals surface area contributed by atoms with Crippen LogP contribution in [-0.2, 0) is 4.79 Å². The standard InChI is InChI=1S/C7H10N2O/c8-4-6-1-5(2-6)3-7(9)10/h5-6H,1-3H2,(H2,9,10)/t5-,6-. The predicted octanol–water partition coefficient (Wildman–Crippen LogP) is 0.412. The molecule has 1 aliphatic rings. The molecule has 1 saturated carbocycles. The van der Waals surface area contributed by atoms with E-state index in [4.69, 9.17) is 11.0 Å². The number of hydrogen-bond donors (Lipinski definition) is 1. The smallest absolute Gasteiger partial charge is 0.217 e. The second-order valence-electron chi connectivity index (χ2n) is 2.83. The van der Waals surface area contributed by atoms with Crippen LogP contribution in [0.15, 0.2) is 0 Å². The molecule has 0 aromatic heterocycles. The van der Waals surface area contributed by atoms with E-state index in [1.54, 1.807) is 0 Å². The molecule has 3 heteroatoms. The topological polar surface area (TPSA) is 66.9 Å². The molecule has 1 rings (SSSR count). The summed E-state index contributed by atoms with van der Waals surface area (Å²) < 4.78 is 0. The second kappa shape index (κ2) is 2.70. The van der Waals surface area contributed by atoms with E-state index in [0.717, 1.165) is 12.8 Å². The van der Waals surface area contributed by atoms with E-state index in [-0.39, 0.29) is 11.8 Å². The van der Waals surface area contributed by atoms with Crippen LogP contribution >= 0.6 is 0 Å². The Bertz CT molecular complexity index is 177. The van der Waals surface area contributed by atoms with Gasteiger partial charge in [-0.1, -0.05) is 0 Å². The van der Waals surface area contributed by atoms with Crippen LogP contribution in [0, 0.1) is 23.2 Å². The van der Waals surface area contributed by atoms with E-state index in [1.807, 2.05) is 0 Å². The van der Waals surface area contributed by atoms with Crippen molar-refractivity contribution in [3.8, 4) is 6.07 Å². The fourth-order valence-corrected chi connectivity index (χ4v) is 1.29. The Morgan fingerprint density at radius 2 is 2.30 bits per heavy atom. The zero-order valence-electron chi connectivity index (χ0n) is 5.71. The van der Waals surface area contributed by atoms with Gasteiger partial charge in [0.1, 0.15) is 0 Å². The van der Waals surface area contributed by atoms with E-state index in [9.17, 15) is 4.79 Å². The van der Waals surface area contributed by atoms with Gasteiger partial charge in [-0.25, -0.2) is 0 Å². The first-order valence-corrected chi connectivity index (χ1v) is 3.40. The highest BCUT2D eigenvalue weighted by molar-refractivity contribution is 5.74. The van der Waals surface area contributed by atoms with Crippen molar-refractivity contribution in [1.82, 2.24) is 0 Å². The molecule has 0 spiro atoms. The maximum absolute atomic E-state index is 10.3.